The van der Waals surface area contributed by atoms with Crippen LogP contribution >= 0.6 is 0 Å². The van der Waals surface area contributed by atoms with Crippen molar-refractivity contribution in [3.8, 4) is 0 Å². The molecule has 4 nitrogen and oxygen atoms in total. The van der Waals surface area contributed by atoms with Crippen molar-refractivity contribution in [1.82, 2.24) is 10.3 Å². The third-order valence-electron chi connectivity index (χ3n) is 3.74. The topological polar surface area (TPSA) is 59.1 Å². The first-order chi connectivity index (χ1) is 11.4. The van der Waals surface area contributed by atoms with Crippen molar-refractivity contribution < 1.29 is 9.00 Å². The summed E-state index contributed by atoms with van der Waals surface area (Å²) in [7, 11) is -1.05. The van der Waals surface area contributed by atoms with Gasteiger partial charge in [-0.15, -0.1) is 0 Å². The molecule has 0 saturated carbocycles. The van der Waals surface area contributed by atoms with Crippen molar-refractivity contribution >= 4 is 16.7 Å². The van der Waals surface area contributed by atoms with Crippen molar-refractivity contribution in [2.45, 2.75) is 43.9 Å². The largest absolute Gasteiger partial charge is 0.343 e. The molecule has 2 atom stereocenters. The number of nitrogens with zero attached hydrogens (tertiary/aromatic N) is 1. The molecule has 2 aromatic rings. The number of aromatic nitrogens is 1. The van der Waals surface area contributed by atoms with Crippen molar-refractivity contribution in [1.29, 1.82) is 0 Å². The quantitative estimate of drug-likeness (QED) is 0.869. The molecule has 0 fully saturated rings. The first-order valence-electron chi connectivity index (χ1n) is 8.12. The van der Waals surface area contributed by atoms with E-state index < -0.39 is 10.8 Å². The SMILES string of the molecule is CC(C)[C@H](NC(=O)c1ccc([S@](=O)C(C)C)cc1)c1ccccn1. The summed E-state index contributed by atoms with van der Waals surface area (Å²) in [6.45, 7) is 7.93. The lowest BCUT2D eigenvalue weighted by molar-refractivity contribution is 0.0924. The van der Waals surface area contributed by atoms with Crippen LogP contribution in [0.15, 0.2) is 53.6 Å². The molecule has 0 unspecified atom stereocenters. The highest BCUT2D eigenvalue weighted by molar-refractivity contribution is 7.85. The van der Waals surface area contributed by atoms with Crippen LogP contribution in [0.4, 0.5) is 0 Å². The zero-order valence-corrected chi connectivity index (χ0v) is 15.3. The van der Waals surface area contributed by atoms with E-state index in [0.717, 1.165) is 10.6 Å². The third kappa shape index (κ3) is 4.51. The molecule has 1 amide bonds. The number of rotatable bonds is 6. The number of amides is 1. The smallest absolute Gasteiger partial charge is 0.251 e. The Balaban J connectivity index is 2.14. The summed E-state index contributed by atoms with van der Waals surface area (Å²) in [6.07, 6.45) is 1.73. The molecule has 0 spiro atoms. The average molecular weight is 344 g/mol. The predicted octanol–water partition coefficient (Wildman–Crippen LogP) is 3.72. The molecule has 5 heteroatoms. The van der Waals surface area contributed by atoms with Gasteiger partial charge < -0.3 is 5.32 Å². The Labute approximate surface area is 146 Å². The molecule has 1 heterocycles. The number of carbonyl (C=O) groups excluding carboxylic acids is 1. The van der Waals surface area contributed by atoms with Gasteiger partial charge in [-0.05, 0) is 42.3 Å². The van der Waals surface area contributed by atoms with E-state index in [2.05, 4.69) is 24.1 Å². The van der Waals surface area contributed by atoms with Crippen molar-refractivity contribution in [2.75, 3.05) is 0 Å². The predicted molar refractivity (Wildman–Crippen MR) is 97.3 cm³/mol. The van der Waals surface area contributed by atoms with Gasteiger partial charge in [0.25, 0.3) is 5.91 Å². The van der Waals surface area contributed by atoms with Gasteiger partial charge in [0.15, 0.2) is 0 Å². The van der Waals surface area contributed by atoms with Crippen LogP contribution in [0.1, 0.15) is 49.8 Å². The number of nitrogens with one attached hydrogen (secondary N) is 1. The molecule has 0 saturated heterocycles. The molecule has 0 radical (unpaired) electrons. The van der Waals surface area contributed by atoms with Gasteiger partial charge in [0.05, 0.1) is 22.5 Å². The maximum atomic E-state index is 12.5. The van der Waals surface area contributed by atoms with Gasteiger partial charge in [-0.25, -0.2) is 0 Å². The van der Waals surface area contributed by atoms with Gasteiger partial charge in [-0.1, -0.05) is 33.8 Å². The van der Waals surface area contributed by atoms with E-state index in [1.54, 1.807) is 30.5 Å². The summed E-state index contributed by atoms with van der Waals surface area (Å²) in [5, 5.41) is 3.10. The Morgan fingerprint density at radius 3 is 2.21 bits per heavy atom. The molecule has 128 valence electrons. The lowest BCUT2D eigenvalue weighted by atomic mass is 10.00. The summed E-state index contributed by atoms with van der Waals surface area (Å²) in [5.74, 6) is 0.0674. The van der Waals surface area contributed by atoms with Gasteiger partial charge in [0.1, 0.15) is 0 Å². The minimum absolute atomic E-state index is 0.0548. The lowest BCUT2D eigenvalue weighted by Crippen LogP contribution is -2.32. The van der Waals surface area contributed by atoms with Crippen molar-refractivity contribution in [3.63, 3.8) is 0 Å². The summed E-state index contributed by atoms with van der Waals surface area (Å²) in [5.41, 5.74) is 1.40. The summed E-state index contributed by atoms with van der Waals surface area (Å²) in [6, 6.07) is 12.5. The summed E-state index contributed by atoms with van der Waals surface area (Å²) < 4.78 is 12.1. The number of benzene rings is 1. The molecular formula is C19H24N2O2S. The first kappa shape index (κ1) is 18.3. The van der Waals surface area contributed by atoms with Crippen LogP contribution in [-0.4, -0.2) is 20.3 Å². The zero-order chi connectivity index (χ0) is 17.7. The highest BCUT2D eigenvalue weighted by atomic mass is 32.2. The van der Waals surface area contributed by atoms with E-state index in [0.29, 0.717) is 5.56 Å². The Bertz CT molecular complexity index is 697. The second kappa shape index (κ2) is 8.20. The van der Waals surface area contributed by atoms with Crippen LogP contribution in [0.3, 0.4) is 0 Å². The number of hydrogen-bond donors (Lipinski definition) is 1. The Morgan fingerprint density at radius 1 is 1.04 bits per heavy atom. The minimum atomic E-state index is -1.05. The van der Waals surface area contributed by atoms with Crippen LogP contribution in [0.25, 0.3) is 0 Å². The number of pyridine rings is 1. The zero-order valence-electron chi connectivity index (χ0n) is 14.5. The van der Waals surface area contributed by atoms with Gasteiger partial charge in [0.2, 0.25) is 0 Å². The first-order valence-corrected chi connectivity index (χ1v) is 9.34. The Kier molecular flexibility index (Phi) is 6.26. The molecule has 0 bridgehead atoms. The monoisotopic (exact) mass is 344 g/mol. The molecule has 0 aliphatic heterocycles. The number of carbonyl (C=O) groups is 1. The van der Waals surface area contributed by atoms with E-state index in [1.165, 1.54) is 0 Å². The molecule has 0 aliphatic carbocycles. The normalized spacial score (nSPS) is 13.8. The molecular weight excluding hydrogens is 320 g/mol. The van der Waals surface area contributed by atoms with Crippen LogP contribution < -0.4 is 5.32 Å². The van der Waals surface area contributed by atoms with Crippen molar-refractivity contribution in [3.05, 3.63) is 59.9 Å². The molecule has 1 aromatic carbocycles. The average Bonchev–Trinajstić information content (AvgIpc) is 2.59. The van der Waals surface area contributed by atoms with E-state index >= 15 is 0 Å². The Hall–Kier alpha value is -2.01. The van der Waals surface area contributed by atoms with Gasteiger partial charge >= 0.3 is 0 Å². The second-order valence-corrected chi connectivity index (χ2v) is 8.33. The molecule has 1 aromatic heterocycles. The molecule has 1 N–H and O–H groups in total. The van der Waals surface area contributed by atoms with Gasteiger partial charge in [-0.3, -0.25) is 14.0 Å². The van der Waals surface area contributed by atoms with Crippen LogP contribution in [0, 0.1) is 5.92 Å². The highest BCUT2D eigenvalue weighted by Gasteiger charge is 2.20. The summed E-state index contributed by atoms with van der Waals surface area (Å²) in [4.78, 5) is 17.6. The molecule has 0 aliphatic rings. The van der Waals surface area contributed by atoms with E-state index in [-0.39, 0.29) is 23.1 Å². The minimum Gasteiger partial charge on any atom is -0.343 e. The van der Waals surface area contributed by atoms with Gasteiger partial charge in [-0.2, -0.15) is 0 Å². The maximum absolute atomic E-state index is 12.5. The van der Waals surface area contributed by atoms with Crippen LogP contribution in [0.5, 0.6) is 0 Å². The van der Waals surface area contributed by atoms with E-state index in [9.17, 15) is 9.00 Å². The fourth-order valence-electron chi connectivity index (χ4n) is 2.38. The maximum Gasteiger partial charge on any atom is 0.251 e. The highest BCUT2D eigenvalue weighted by Crippen LogP contribution is 2.20. The summed E-state index contributed by atoms with van der Waals surface area (Å²) >= 11 is 0. The second-order valence-electron chi connectivity index (χ2n) is 6.32. The number of hydrogen-bond acceptors (Lipinski definition) is 3. The standard InChI is InChI=1S/C19H24N2O2S/c1-13(2)18(17-7-5-6-12-20-17)21-19(22)15-8-10-16(11-9-15)24(23)14(3)4/h5-14,18H,1-4H3,(H,21,22)/t18-,24+/m0/s1. The van der Waals surface area contributed by atoms with E-state index in [4.69, 9.17) is 0 Å². The fraction of sp³-hybridized carbons (Fsp3) is 0.368. The van der Waals surface area contributed by atoms with E-state index in [1.807, 2.05) is 32.0 Å². The van der Waals surface area contributed by atoms with Crippen LogP contribution in [0.2, 0.25) is 0 Å². The van der Waals surface area contributed by atoms with Gasteiger partial charge in [0, 0.05) is 21.9 Å². The van der Waals surface area contributed by atoms with Crippen LogP contribution in [-0.2, 0) is 10.8 Å². The molecule has 2 rings (SSSR count). The molecule has 24 heavy (non-hydrogen) atoms. The fourth-order valence-corrected chi connectivity index (χ4v) is 3.33. The third-order valence-corrected chi connectivity index (χ3v) is 5.33. The lowest BCUT2D eigenvalue weighted by Gasteiger charge is -2.22. The van der Waals surface area contributed by atoms with Crippen molar-refractivity contribution in [2.24, 2.45) is 5.92 Å². The Morgan fingerprint density at radius 2 is 1.71 bits per heavy atom.